The molecule has 0 aliphatic heterocycles. The van der Waals surface area contributed by atoms with Gasteiger partial charge >= 0.3 is 5.97 Å². The van der Waals surface area contributed by atoms with Gasteiger partial charge in [0.05, 0.1) is 0 Å². The van der Waals surface area contributed by atoms with Crippen LogP contribution in [0.1, 0.15) is 36.5 Å². The smallest absolute Gasteiger partial charge is 0.336 e. The van der Waals surface area contributed by atoms with Crippen LogP contribution >= 0.6 is 0 Å². The maximum atomic E-state index is 11.5. The van der Waals surface area contributed by atoms with Crippen molar-refractivity contribution >= 4 is 11.9 Å². The van der Waals surface area contributed by atoms with Crippen LogP contribution in [0.2, 0.25) is 0 Å². The zero-order valence-corrected chi connectivity index (χ0v) is 10.7. The molecule has 0 spiro atoms. The fraction of sp³-hybridized carbons (Fsp3) is 0.385. The first kappa shape index (κ1) is 15.1. The normalized spacial score (nSPS) is 11.8. The molecule has 1 amide bonds. The van der Waals surface area contributed by atoms with Crippen LogP contribution in [0, 0.1) is 0 Å². The molecule has 6 nitrogen and oxygen atoms in total. The highest BCUT2D eigenvalue weighted by molar-refractivity contribution is 5.93. The van der Waals surface area contributed by atoms with E-state index in [1.54, 1.807) is 30.3 Å². The Balaban J connectivity index is 2.35. The van der Waals surface area contributed by atoms with Gasteiger partial charge in [-0.2, -0.15) is 10.4 Å². The summed E-state index contributed by atoms with van der Waals surface area (Å²) in [6, 6.07) is 8.39. The Bertz CT molecular complexity index is 407. The van der Waals surface area contributed by atoms with Crippen molar-refractivity contribution in [2.75, 3.05) is 0 Å². The zero-order chi connectivity index (χ0) is 14.1. The minimum atomic E-state index is -1.12. The van der Waals surface area contributed by atoms with Gasteiger partial charge in [0, 0.05) is 5.56 Å². The summed E-state index contributed by atoms with van der Waals surface area (Å²) >= 11 is 0. The van der Waals surface area contributed by atoms with Gasteiger partial charge in [-0.3, -0.25) is 4.79 Å². The summed E-state index contributed by atoms with van der Waals surface area (Å²) in [5, 5.41) is 8.86. The second kappa shape index (κ2) is 8.23. The number of hydroxylamine groups is 1. The number of carboxylic acids is 1. The molecule has 19 heavy (non-hydrogen) atoms. The molecule has 0 aliphatic carbocycles. The van der Waals surface area contributed by atoms with E-state index in [1.165, 1.54) is 0 Å². The minimum Gasteiger partial charge on any atom is -0.479 e. The summed E-state index contributed by atoms with van der Waals surface area (Å²) in [4.78, 5) is 31.5. The van der Waals surface area contributed by atoms with E-state index in [2.05, 4.69) is 9.88 Å². The summed E-state index contributed by atoms with van der Waals surface area (Å²) < 4.78 is 0. The molecule has 2 N–H and O–H groups in total. The van der Waals surface area contributed by atoms with Crippen molar-refractivity contribution in [3.8, 4) is 0 Å². The molecule has 0 fully saturated rings. The molecule has 0 aliphatic rings. The lowest BCUT2D eigenvalue weighted by atomic mass is 10.2. The van der Waals surface area contributed by atoms with E-state index >= 15 is 0 Å². The number of amides is 1. The second-order valence-electron chi connectivity index (χ2n) is 3.95. The molecule has 0 saturated heterocycles. The summed E-state index contributed by atoms with van der Waals surface area (Å²) in [5.74, 6) is -1.62. The van der Waals surface area contributed by atoms with E-state index < -0.39 is 18.0 Å². The highest BCUT2D eigenvalue weighted by atomic mass is 17.3. The summed E-state index contributed by atoms with van der Waals surface area (Å²) in [7, 11) is 0. The minimum absolute atomic E-state index is 0.326. The van der Waals surface area contributed by atoms with Gasteiger partial charge in [0.25, 0.3) is 5.91 Å². The van der Waals surface area contributed by atoms with Gasteiger partial charge in [-0.1, -0.05) is 38.0 Å². The van der Waals surface area contributed by atoms with Crippen LogP contribution in [-0.2, 0) is 14.7 Å². The number of unbranched alkanes of at least 4 members (excludes halogenated alkanes) is 1. The van der Waals surface area contributed by atoms with Crippen LogP contribution in [-0.4, -0.2) is 23.1 Å². The summed E-state index contributed by atoms with van der Waals surface area (Å²) in [5.41, 5.74) is 2.43. The Kier molecular flexibility index (Phi) is 6.56. The number of aliphatic carboxylic acids is 1. The molecule has 0 radical (unpaired) electrons. The molecular formula is C13H17NO5. The van der Waals surface area contributed by atoms with Crippen molar-refractivity contribution in [1.29, 1.82) is 0 Å². The van der Waals surface area contributed by atoms with Crippen LogP contribution in [0.25, 0.3) is 0 Å². The molecule has 6 heteroatoms. The number of hydrogen-bond donors (Lipinski definition) is 2. The van der Waals surface area contributed by atoms with E-state index in [-0.39, 0.29) is 0 Å². The van der Waals surface area contributed by atoms with Crippen molar-refractivity contribution in [3.05, 3.63) is 35.9 Å². The van der Waals surface area contributed by atoms with Gasteiger partial charge < -0.3 is 5.11 Å². The standard InChI is InChI=1S/C13H17NO5/c1-2-3-9-11(13(16)17)18-19-14-12(15)10-7-5-4-6-8-10/h4-8,11H,2-3,9H2,1H3,(H,14,15)(H,16,17). The summed E-state index contributed by atoms with van der Waals surface area (Å²) in [6.07, 6.45) is 0.791. The topological polar surface area (TPSA) is 84.9 Å². The number of carbonyl (C=O) groups excluding carboxylic acids is 1. The Morgan fingerprint density at radius 3 is 2.58 bits per heavy atom. The lowest BCUT2D eigenvalue weighted by molar-refractivity contribution is -0.347. The largest absolute Gasteiger partial charge is 0.479 e. The van der Waals surface area contributed by atoms with Crippen LogP contribution in [0.15, 0.2) is 30.3 Å². The first-order chi connectivity index (χ1) is 9.15. The van der Waals surface area contributed by atoms with Crippen molar-refractivity contribution < 1.29 is 24.6 Å². The predicted molar refractivity (Wildman–Crippen MR) is 67.0 cm³/mol. The van der Waals surface area contributed by atoms with Gasteiger partial charge in [0.2, 0.25) is 0 Å². The number of hydrogen-bond acceptors (Lipinski definition) is 4. The first-order valence-corrected chi connectivity index (χ1v) is 6.05. The average molecular weight is 267 g/mol. The first-order valence-electron chi connectivity index (χ1n) is 6.05. The van der Waals surface area contributed by atoms with Crippen LogP contribution < -0.4 is 5.48 Å². The van der Waals surface area contributed by atoms with Crippen LogP contribution in [0.4, 0.5) is 0 Å². The molecular weight excluding hydrogens is 250 g/mol. The molecule has 1 aromatic rings. The van der Waals surface area contributed by atoms with Crippen molar-refractivity contribution in [3.63, 3.8) is 0 Å². The van der Waals surface area contributed by atoms with E-state index in [0.29, 0.717) is 18.4 Å². The molecule has 0 aromatic heterocycles. The fourth-order valence-corrected chi connectivity index (χ4v) is 1.37. The Hall–Kier alpha value is -1.92. The van der Waals surface area contributed by atoms with Gasteiger partial charge in [-0.25, -0.2) is 4.79 Å². The van der Waals surface area contributed by atoms with Crippen molar-refractivity contribution in [1.82, 2.24) is 5.48 Å². The molecule has 0 heterocycles. The lowest BCUT2D eigenvalue weighted by Gasteiger charge is -2.11. The maximum Gasteiger partial charge on any atom is 0.336 e. The van der Waals surface area contributed by atoms with Crippen molar-refractivity contribution in [2.45, 2.75) is 32.3 Å². The quantitative estimate of drug-likeness (QED) is 0.555. The van der Waals surface area contributed by atoms with Gasteiger partial charge in [-0.05, 0) is 18.6 Å². The average Bonchev–Trinajstić information content (AvgIpc) is 2.43. The lowest BCUT2D eigenvalue weighted by Crippen LogP contribution is -2.30. The summed E-state index contributed by atoms with van der Waals surface area (Å²) in [6.45, 7) is 1.94. The van der Waals surface area contributed by atoms with E-state index in [4.69, 9.17) is 5.11 Å². The second-order valence-corrected chi connectivity index (χ2v) is 3.95. The number of carbonyl (C=O) groups is 2. The Morgan fingerprint density at radius 1 is 1.32 bits per heavy atom. The molecule has 0 saturated carbocycles. The van der Waals surface area contributed by atoms with Gasteiger partial charge in [0.1, 0.15) is 0 Å². The molecule has 0 bridgehead atoms. The monoisotopic (exact) mass is 267 g/mol. The van der Waals surface area contributed by atoms with E-state index in [0.717, 1.165) is 6.42 Å². The van der Waals surface area contributed by atoms with Gasteiger partial charge in [0.15, 0.2) is 6.10 Å². The molecule has 104 valence electrons. The SMILES string of the molecule is CCCCC(OONC(=O)c1ccccc1)C(=O)O. The maximum absolute atomic E-state index is 11.5. The number of rotatable bonds is 8. The van der Waals surface area contributed by atoms with Gasteiger partial charge in [-0.15, -0.1) is 4.99 Å². The predicted octanol–water partition coefficient (Wildman–Crippen LogP) is 1.92. The van der Waals surface area contributed by atoms with E-state index in [9.17, 15) is 9.59 Å². The molecule has 1 unspecified atom stereocenters. The molecule has 1 atom stereocenters. The Morgan fingerprint density at radius 2 is 2.00 bits per heavy atom. The Labute approximate surface area is 111 Å². The highest BCUT2D eigenvalue weighted by Gasteiger charge is 2.19. The fourth-order valence-electron chi connectivity index (χ4n) is 1.37. The molecule has 1 aromatic carbocycles. The number of carboxylic acid groups (broad SMARTS) is 1. The number of nitrogens with one attached hydrogen (secondary N) is 1. The third kappa shape index (κ3) is 5.50. The number of benzene rings is 1. The third-order valence-electron chi connectivity index (χ3n) is 2.43. The van der Waals surface area contributed by atoms with E-state index in [1.807, 2.05) is 12.4 Å². The van der Waals surface area contributed by atoms with Crippen molar-refractivity contribution in [2.24, 2.45) is 0 Å². The third-order valence-corrected chi connectivity index (χ3v) is 2.43. The van der Waals surface area contributed by atoms with Crippen LogP contribution in [0.5, 0.6) is 0 Å². The van der Waals surface area contributed by atoms with Crippen LogP contribution in [0.3, 0.4) is 0 Å². The molecule has 1 rings (SSSR count). The zero-order valence-electron chi connectivity index (χ0n) is 10.7. The highest BCUT2D eigenvalue weighted by Crippen LogP contribution is 2.05.